The predicted molar refractivity (Wildman–Crippen MR) is 57.3 cm³/mol. The molecule has 0 radical (unpaired) electrons. The van der Waals surface area contributed by atoms with E-state index in [0.29, 0.717) is 5.82 Å². The van der Waals surface area contributed by atoms with E-state index >= 15 is 0 Å². The van der Waals surface area contributed by atoms with Crippen molar-refractivity contribution in [2.75, 3.05) is 5.32 Å². The molecule has 0 unspecified atom stereocenters. The van der Waals surface area contributed by atoms with Crippen LogP contribution in [0, 0.1) is 0 Å². The Labute approximate surface area is 94.0 Å². The summed E-state index contributed by atoms with van der Waals surface area (Å²) in [5.41, 5.74) is 0. The number of hydrogen-bond donors (Lipinski definition) is 2. The van der Waals surface area contributed by atoms with Gasteiger partial charge in [0.2, 0.25) is 5.91 Å². The highest BCUT2D eigenvalue weighted by molar-refractivity contribution is 9.10. The van der Waals surface area contributed by atoms with Crippen molar-refractivity contribution in [1.82, 2.24) is 4.98 Å². The quantitative estimate of drug-likeness (QED) is 0.815. The Morgan fingerprint density at radius 1 is 1.40 bits per heavy atom. The summed E-state index contributed by atoms with van der Waals surface area (Å²) < 4.78 is 0.793. The molecule has 0 aliphatic carbocycles. The Balaban J connectivity index is 2.59. The summed E-state index contributed by atoms with van der Waals surface area (Å²) in [7, 11) is 0. The number of carbonyl (C=O) groups is 2. The monoisotopic (exact) mass is 270 g/mol. The molecular weight excluding hydrogens is 264 g/mol. The average molecular weight is 271 g/mol. The van der Waals surface area contributed by atoms with Crippen LogP contribution in [0.3, 0.4) is 0 Å². The van der Waals surface area contributed by atoms with Crippen molar-refractivity contribution in [3.05, 3.63) is 35.0 Å². The third-order valence-corrected chi connectivity index (χ3v) is 1.83. The fraction of sp³-hybridized carbons (Fsp3) is 0. The number of hydrogen-bond acceptors (Lipinski definition) is 3. The van der Waals surface area contributed by atoms with E-state index in [0.717, 1.165) is 16.6 Å². The van der Waals surface area contributed by atoms with Crippen LogP contribution in [-0.4, -0.2) is 22.0 Å². The number of nitrogens with zero attached hydrogens (tertiary/aromatic N) is 1. The van der Waals surface area contributed by atoms with Gasteiger partial charge in [-0.2, -0.15) is 0 Å². The molecule has 1 aromatic rings. The highest BCUT2D eigenvalue weighted by atomic mass is 79.9. The molecule has 1 aromatic heterocycles. The smallest absolute Gasteiger partial charge is 0.328 e. The molecule has 6 heteroatoms. The Bertz CT molecular complexity index is 400. The van der Waals surface area contributed by atoms with Crippen LogP contribution in [0.1, 0.15) is 0 Å². The fourth-order valence-electron chi connectivity index (χ4n) is 0.765. The number of aromatic nitrogens is 1. The fourth-order valence-corrected chi connectivity index (χ4v) is 0.999. The van der Waals surface area contributed by atoms with Crippen LogP contribution >= 0.6 is 15.9 Å². The van der Waals surface area contributed by atoms with Gasteiger partial charge in [0.05, 0.1) is 0 Å². The van der Waals surface area contributed by atoms with Crippen LogP contribution in [0.15, 0.2) is 35.0 Å². The van der Waals surface area contributed by atoms with Crippen LogP contribution < -0.4 is 5.32 Å². The normalized spacial score (nSPS) is 10.2. The van der Waals surface area contributed by atoms with Crippen LogP contribution in [0.2, 0.25) is 0 Å². The molecule has 2 N–H and O–H groups in total. The number of carboxylic acid groups (broad SMARTS) is 1. The molecule has 1 amide bonds. The number of carboxylic acids is 1. The van der Waals surface area contributed by atoms with Crippen molar-refractivity contribution in [3.63, 3.8) is 0 Å². The highest BCUT2D eigenvalue weighted by Crippen LogP contribution is 2.10. The summed E-state index contributed by atoms with van der Waals surface area (Å²) in [5.74, 6) is -1.35. The SMILES string of the molecule is O=C(O)C=CC(=O)Nc1ccc(Br)cn1. The minimum atomic E-state index is -1.17. The van der Waals surface area contributed by atoms with Gasteiger partial charge in [0.1, 0.15) is 5.82 Å². The molecule has 0 fully saturated rings. The average Bonchev–Trinajstić information content (AvgIpc) is 2.19. The first kappa shape index (κ1) is 11.4. The number of anilines is 1. The molecule has 78 valence electrons. The first-order valence-electron chi connectivity index (χ1n) is 3.91. The second kappa shape index (κ2) is 5.26. The molecule has 0 spiro atoms. The molecule has 0 saturated heterocycles. The zero-order chi connectivity index (χ0) is 11.3. The van der Waals surface area contributed by atoms with E-state index in [4.69, 9.17) is 5.11 Å². The number of pyridine rings is 1. The zero-order valence-electron chi connectivity index (χ0n) is 7.48. The van der Waals surface area contributed by atoms with E-state index in [2.05, 4.69) is 26.2 Å². The molecule has 0 aliphatic rings. The first-order chi connectivity index (χ1) is 7.08. The van der Waals surface area contributed by atoms with Crippen LogP contribution in [0.4, 0.5) is 5.82 Å². The third-order valence-electron chi connectivity index (χ3n) is 1.36. The van der Waals surface area contributed by atoms with E-state index in [-0.39, 0.29) is 0 Å². The lowest BCUT2D eigenvalue weighted by Gasteiger charge is -1.99. The second-order valence-corrected chi connectivity index (χ2v) is 3.44. The molecule has 0 aromatic carbocycles. The van der Waals surface area contributed by atoms with Crippen LogP contribution in [0.25, 0.3) is 0 Å². The van der Waals surface area contributed by atoms with E-state index in [1.54, 1.807) is 12.1 Å². The summed E-state index contributed by atoms with van der Waals surface area (Å²) in [5, 5.41) is 10.7. The van der Waals surface area contributed by atoms with Gasteiger partial charge >= 0.3 is 5.97 Å². The van der Waals surface area contributed by atoms with E-state index in [9.17, 15) is 9.59 Å². The Kier molecular flexibility index (Phi) is 3.99. The van der Waals surface area contributed by atoms with Crippen molar-refractivity contribution in [2.24, 2.45) is 0 Å². The number of rotatable bonds is 3. The van der Waals surface area contributed by atoms with E-state index in [1.807, 2.05) is 0 Å². The van der Waals surface area contributed by atoms with Crippen molar-refractivity contribution in [3.8, 4) is 0 Å². The van der Waals surface area contributed by atoms with Crippen molar-refractivity contribution >= 4 is 33.6 Å². The van der Waals surface area contributed by atoms with Gasteiger partial charge in [-0.1, -0.05) is 0 Å². The van der Waals surface area contributed by atoms with Gasteiger partial charge in [-0.3, -0.25) is 4.79 Å². The second-order valence-electron chi connectivity index (χ2n) is 2.52. The van der Waals surface area contributed by atoms with Gasteiger partial charge in [-0.05, 0) is 28.1 Å². The first-order valence-corrected chi connectivity index (χ1v) is 4.71. The lowest BCUT2D eigenvalue weighted by Crippen LogP contribution is -2.09. The van der Waals surface area contributed by atoms with Gasteiger partial charge in [0.15, 0.2) is 0 Å². The topological polar surface area (TPSA) is 79.3 Å². The number of nitrogens with one attached hydrogen (secondary N) is 1. The minimum absolute atomic E-state index is 0.359. The van der Waals surface area contributed by atoms with E-state index in [1.165, 1.54) is 6.20 Å². The lowest BCUT2D eigenvalue weighted by molar-refractivity contribution is -0.131. The molecule has 0 bridgehead atoms. The Morgan fingerprint density at radius 3 is 2.67 bits per heavy atom. The molecule has 15 heavy (non-hydrogen) atoms. The number of carbonyl (C=O) groups excluding carboxylic acids is 1. The predicted octanol–water partition coefficient (Wildman–Crippen LogP) is 1.42. The summed E-state index contributed by atoms with van der Waals surface area (Å²) in [4.78, 5) is 25.1. The van der Waals surface area contributed by atoms with Gasteiger partial charge in [0.25, 0.3) is 0 Å². The van der Waals surface area contributed by atoms with Gasteiger partial charge < -0.3 is 10.4 Å². The number of halogens is 1. The van der Waals surface area contributed by atoms with Crippen molar-refractivity contribution in [2.45, 2.75) is 0 Å². The van der Waals surface area contributed by atoms with Crippen molar-refractivity contribution < 1.29 is 14.7 Å². The zero-order valence-corrected chi connectivity index (χ0v) is 9.06. The summed E-state index contributed by atoms with van der Waals surface area (Å²) in [6.07, 6.45) is 3.21. The maximum Gasteiger partial charge on any atom is 0.328 e. The molecule has 0 saturated carbocycles. The summed E-state index contributed by atoms with van der Waals surface area (Å²) >= 11 is 3.19. The molecule has 5 nitrogen and oxygen atoms in total. The van der Waals surface area contributed by atoms with Gasteiger partial charge in [-0.15, -0.1) is 0 Å². The largest absolute Gasteiger partial charge is 0.478 e. The molecular formula is C9H7BrN2O3. The van der Waals surface area contributed by atoms with Gasteiger partial charge in [-0.25, -0.2) is 9.78 Å². The van der Waals surface area contributed by atoms with Crippen LogP contribution in [0.5, 0.6) is 0 Å². The van der Waals surface area contributed by atoms with Crippen molar-refractivity contribution in [1.29, 1.82) is 0 Å². The van der Waals surface area contributed by atoms with E-state index < -0.39 is 11.9 Å². The third kappa shape index (κ3) is 4.37. The summed E-state index contributed by atoms with van der Waals surface area (Å²) in [6, 6.07) is 3.31. The minimum Gasteiger partial charge on any atom is -0.478 e. The number of aliphatic carboxylic acids is 1. The molecule has 0 atom stereocenters. The van der Waals surface area contributed by atoms with Crippen LogP contribution in [-0.2, 0) is 9.59 Å². The van der Waals surface area contributed by atoms with Gasteiger partial charge in [0, 0.05) is 22.8 Å². The summed E-state index contributed by atoms with van der Waals surface area (Å²) in [6.45, 7) is 0. The molecule has 1 heterocycles. The highest BCUT2D eigenvalue weighted by Gasteiger charge is 1.99. The lowest BCUT2D eigenvalue weighted by atomic mass is 10.4. The maximum absolute atomic E-state index is 11.1. The maximum atomic E-state index is 11.1. The molecule has 1 rings (SSSR count). The molecule has 0 aliphatic heterocycles. The Morgan fingerprint density at radius 2 is 2.13 bits per heavy atom. The number of amides is 1. The Hall–Kier alpha value is -1.69. The standard InChI is InChI=1S/C9H7BrN2O3/c10-6-1-2-7(11-5-6)12-8(13)3-4-9(14)15/h1-5H,(H,14,15)(H,11,12,13).